The van der Waals surface area contributed by atoms with E-state index in [0.29, 0.717) is 40.2 Å². The van der Waals surface area contributed by atoms with Crippen LogP contribution >= 0.6 is 11.9 Å². The van der Waals surface area contributed by atoms with Gasteiger partial charge < -0.3 is 13.9 Å². The quantitative estimate of drug-likeness (QED) is 0.275. The van der Waals surface area contributed by atoms with Gasteiger partial charge in [0.2, 0.25) is 5.12 Å². The molecule has 0 aliphatic carbocycles. The Morgan fingerprint density at radius 2 is 1.77 bits per heavy atom. The second kappa shape index (κ2) is 13.7. The Morgan fingerprint density at radius 3 is 2.34 bits per heavy atom. The molecule has 0 bridgehead atoms. The summed E-state index contributed by atoms with van der Waals surface area (Å²) < 4.78 is 20.1. The van der Waals surface area contributed by atoms with Crippen LogP contribution in [-0.2, 0) is 4.74 Å². The van der Waals surface area contributed by atoms with E-state index in [1.165, 1.54) is 6.07 Å². The first-order chi connectivity index (χ1) is 16.7. The number of benzene rings is 2. The van der Waals surface area contributed by atoms with E-state index in [0.717, 1.165) is 17.5 Å². The van der Waals surface area contributed by atoms with E-state index in [1.54, 1.807) is 49.6 Å². The van der Waals surface area contributed by atoms with Crippen molar-refractivity contribution in [2.24, 2.45) is 0 Å². The summed E-state index contributed by atoms with van der Waals surface area (Å²) in [6.07, 6.45) is 3.43. The van der Waals surface area contributed by atoms with Crippen molar-refractivity contribution in [2.45, 2.75) is 39.8 Å². The third kappa shape index (κ3) is 7.96. The van der Waals surface area contributed by atoms with Crippen molar-refractivity contribution < 1.29 is 18.7 Å². The van der Waals surface area contributed by atoms with Crippen molar-refractivity contribution >= 4 is 28.0 Å². The first-order valence-corrected chi connectivity index (χ1v) is 12.1. The third-order valence-corrected chi connectivity index (χ3v) is 5.80. The number of nitrogens with one attached hydrogen (secondary N) is 1. The summed E-state index contributed by atoms with van der Waals surface area (Å²) in [5.74, 6) is 0.965. The van der Waals surface area contributed by atoms with Crippen LogP contribution in [0.25, 0.3) is 22.3 Å². The largest absolute Gasteiger partial charge is 0.493 e. The number of carbonyl (C=O) groups excluding carboxylic acids is 1. The summed E-state index contributed by atoms with van der Waals surface area (Å²) in [5.41, 5.74) is 2.41. The number of rotatable bonds is 9. The zero-order chi connectivity index (χ0) is 26.0. The van der Waals surface area contributed by atoms with Gasteiger partial charge in [-0.05, 0) is 63.4 Å². The number of hydrogen-bond donors (Lipinski definition) is 1. The Balaban J connectivity index is 0.00000100. The molecular weight excluding hydrogens is 462 g/mol. The van der Waals surface area contributed by atoms with Gasteiger partial charge in [0.15, 0.2) is 16.8 Å². The van der Waals surface area contributed by atoms with E-state index in [9.17, 15) is 9.59 Å². The summed E-state index contributed by atoms with van der Waals surface area (Å²) in [5, 5.41) is 0.372. The molecule has 0 amide bonds. The predicted molar refractivity (Wildman–Crippen MR) is 145 cm³/mol. The van der Waals surface area contributed by atoms with Crippen LogP contribution < -0.4 is 14.9 Å². The Kier molecular flexibility index (Phi) is 11.0. The van der Waals surface area contributed by atoms with Gasteiger partial charge in [-0.3, -0.25) is 14.3 Å². The van der Waals surface area contributed by atoms with Crippen LogP contribution in [0.4, 0.5) is 0 Å². The lowest BCUT2D eigenvalue weighted by atomic mass is 10.1. The van der Waals surface area contributed by atoms with E-state index in [-0.39, 0.29) is 22.7 Å². The van der Waals surface area contributed by atoms with E-state index in [1.807, 2.05) is 33.8 Å². The van der Waals surface area contributed by atoms with Crippen molar-refractivity contribution in [3.05, 3.63) is 89.1 Å². The average molecular weight is 496 g/mol. The molecule has 3 aromatic rings. The molecule has 3 rings (SSSR count). The summed E-state index contributed by atoms with van der Waals surface area (Å²) in [4.78, 5) is 25.0. The molecule has 0 spiro atoms. The molecule has 0 saturated carbocycles. The van der Waals surface area contributed by atoms with Crippen LogP contribution in [0, 0.1) is 6.92 Å². The second-order valence-corrected chi connectivity index (χ2v) is 8.92. The minimum atomic E-state index is -0.146. The van der Waals surface area contributed by atoms with Gasteiger partial charge in [-0.2, -0.15) is 0 Å². The van der Waals surface area contributed by atoms with Gasteiger partial charge in [0, 0.05) is 23.2 Å². The molecule has 2 aromatic carbocycles. The molecule has 0 aliphatic heterocycles. The first-order valence-electron chi connectivity index (χ1n) is 11.2. The van der Waals surface area contributed by atoms with Crippen molar-refractivity contribution in [2.75, 3.05) is 13.7 Å². The van der Waals surface area contributed by atoms with Crippen LogP contribution in [-0.4, -0.2) is 31.0 Å². The van der Waals surface area contributed by atoms with Crippen LogP contribution in [0.3, 0.4) is 0 Å². The van der Waals surface area contributed by atoms with Gasteiger partial charge in [0.1, 0.15) is 5.76 Å². The number of hydrogen-bond acceptors (Lipinski definition) is 7. The lowest BCUT2D eigenvalue weighted by molar-refractivity contribution is 0.0690. The zero-order valence-corrected chi connectivity index (χ0v) is 21.7. The number of fused-ring (bicyclic) bond motifs is 1. The molecule has 1 unspecified atom stereocenters. The smallest absolute Gasteiger partial charge is 0.234 e. The maximum absolute atomic E-state index is 12.6. The summed E-state index contributed by atoms with van der Waals surface area (Å²) in [6.45, 7) is 15.1. The maximum Gasteiger partial charge on any atom is 0.234 e. The fraction of sp³-hybridized carbons (Fsp3) is 0.286. The van der Waals surface area contributed by atoms with Crippen molar-refractivity contribution in [3.8, 4) is 17.1 Å². The van der Waals surface area contributed by atoms with Crippen LogP contribution in [0.15, 0.2) is 77.0 Å². The lowest BCUT2D eigenvalue weighted by Crippen LogP contribution is -2.27. The Morgan fingerprint density at radius 1 is 1.11 bits per heavy atom. The molecule has 0 saturated heterocycles. The number of aryl methyl sites for hydroxylation is 1. The molecule has 1 atom stereocenters. The summed E-state index contributed by atoms with van der Waals surface area (Å²) in [7, 11) is 1.55. The van der Waals surface area contributed by atoms with E-state index in [4.69, 9.17) is 13.9 Å². The number of methoxy groups -OCH3 is 1. The molecule has 0 aliphatic rings. The number of carbonyl (C=O) groups is 1. The SMILES string of the molecule is C=CC=C.COc1c(C)ccc2c(=O)cc(-c3ccc(C(=O)SNC(C)COC(C)C)cc3)oc12. The summed E-state index contributed by atoms with van der Waals surface area (Å²) >= 11 is 1.04. The average Bonchev–Trinajstić information content (AvgIpc) is 2.86. The molecule has 0 fully saturated rings. The van der Waals surface area contributed by atoms with Crippen LogP contribution in [0.2, 0.25) is 0 Å². The normalized spacial score (nSPS) is 11.5. The van der Waals surface area contributed by atoms with Crippen molar-refractivity contribution in [3.63, 3.8) is 0 Å². The van der Waals surface area contributed by atoms with E-state index in [2.05, 4.69) is 17.9 Å². The number of ether oxygens (including phenoxy) is 2. The minimum absolute atomic E-state index is 0.0425. The third-order valence-electron chi connectivity index (χ3n) is 4.86. The highest BCUT2D eigenvalue weighted by molar-refractivity contribution is 8.12. The first kappa shape index (κ1) is 28.1. The second-order valence-electron chi connectivity index (χ2n) is 8.11. The monoisotopic (exact) mass is 495 g/mol. The van der Waals surface area contributed by atoms with Crippen molar-refractivity contribution in [1.82, 2.24) is 4.72 Å². The summed E-state index contributed by atoms with van der Waals surface area (Å²) in [6, 6.07) is 12.1. The molecular formula is C28H33NO5S. The Labute approximate surface area is 211 Å². The topological polar surface area (TPSA) is 77.8 Å². The van der Waals surface area contributed by atoms with Gasteiger partial charge in [-0.25, -0.2) is 0 Å². The molecule has 1 aromatic heterocycles. The molecule has 7 heteroatoms. The van der Waals surface area contributed by atoms with E-state index < -0.39 is 0 Å². The highest BCUT2D eigenvalue weighted by Crippen LogP contribution is 2.31. The molecule has 0 radical (unpaired) electrons. The zero-order valence-electron chi connectivity index (χ0n) is 20.9. The standard InChI is InChI=1S/C24H27NO5S.C4H6/c1-14(2)29-13-16(4)25-31-24(27)18-9-7-17(8-10-18)21-12-20(26)19-11-6-15(3)22(28-5)23(19)30-21;1-3-4-2/h6-12,14,16,25H,13H2,1-5H3;3-4H,1-2H2. The Bertz CT molecular complexity index is 1210. The molecule has 1 heterocycles. The Hall–Kier alpha value is -3.13. The lowest BCUT2D eigenvalue weighted by Gasteiger charge is -2.14. The van der Waals surface area contributed by atoms with Gasteiger partial charge in [0.25, 0.3) is 0 Å². The maximum atomic E-state index is 12.6. The fourth-order valence-corrected chi connectivity index (χ4v) is 3.67. The van der Waals surface area contributed by atoms with Crippen LogP contribution in [0.5, 0.6) is 5.75 Å². The van der Waals surface area contributed by atoms with E-state index >= 15 is 0 Å². The highest BCUT2D eigenvalue weighted by Gasteiger charge is 2.14. The van der Waals surface area contributed by atoms with Gasteiger partial charge >= 0.3 is 0 Å². The molecule has 186 valence electrons. The molecule has 6 nitrogen and oxygen atoms in total. The van der Waals surface area contributed by atoms with Gasteiger partial charge in [-0.1, -0.05) is 43.5 Å². The van der Waals surface area contributed by atoms with Gasteiger partial charge in [-0.15, -0.1) is 0 Å². The minimum Gasteiger partial charge on any atom is -0.493 e. The van der Waals surface area contributed by atoms with Crippen LogP contribution in [0.1, 0.15) is 36.7 Å². The number of allylic oxidation sites excluding steroid dienone is 2. The predicted octanol–water partition coefficient (Wildman–Crippen LogP) is 6.33. The molecule has 35 heavy (non-hydrogen) atoms. The fourth-order valence-electron chi connectivity index (χ4n) is 3.04. The van der Waals surface area contributed by atoms with Gasteiger partial charge in [0.05, 0.1) is 25.2 Å². The van der Waals surface area contributed by atoms with Crippen molar-refractivity contribution in [1.29, 1.82) is 0 Å². The molecule has 1 N–H and O–H groups in total. The highest BCUT2D eigenvalue weighted by atomic mass is 32.2.